The van der Waals surface area contributed by atoms with Gasteiger partial charge in [0.1, 0.15) is 11.6 Å². The number of fused-ring (bicyclic) bond motifs is 1. The van der Waals surface area contributed by atoms with Gasteiger partial charge in [-0.25, -0.2) is 8.78 Å². The normalized spacial score (nSPS) is 17.6. The zero-order chi connectivity index (χ0) is 18.4. The standard InChI is InChI=1S/C17H13F5N2O/c18-12-5-4-10(17(20,21)22)6-9(12)8-24-15-3-1-2-13(19)11(15)7-14(23)16(24)25/h1-6,14H,7-8,23H2/t14-/m1/s1. The Bertz CT molecular complexity index is 834. The number of alkyl halides is 3. The Morgan fingerprint density at radius 1 is 1.12 bits per heavy atom. The Balaban J connectivity index is 2.03. The fourth-order valence-corrected chi connectivity index (χ4v) is 2.83. The molecule has 25 heavy (non-hydrogen) atoms. The Morgan fingerprint density at radius 2 is 1.84 bits per heavy atom. The monoisotopic (exact) mass is 356 g/mol. The molecule has 2 N–H and O–H groups in total. The molecule has 8 heteroatoms. The van der Waals surface area contributed by atoms with Gasteiger partial charge in [-0.3, -0.25) is 4.79 Å². The molecule has 1 atom stereocenters. The number of nitrogens with two attached hydrogens (primary N) is 1. The molecule has 0 bridgehead atoms. The van der Waals surface area contributed by atoms with Crippen molar-refractivity contribution >= 4 is 11.6 Å². The molecule has 0 radical (unpaired) electrons. The lowest BCUT2D eigenvalue weighted by atomic mass is 9.96. The predicted molar refractivity (Wildman–Crippen MR) is 80.7 cm³/mol. The number of rotatable bonds is 2. The Morgan fingerprint density at radius 3 is 2.52 bits per heavy atom. The maximum atomic E-state index is 14.0. The van der Waals surface area contributed by atoms with E-state index in [0.717, 1.165) is 4.90 Å². The smallest absolute Gasteiger partial charge is 0.320 e. The number of carbonyl (C=O) groups is 1. The second-order valence-corrected chi connectivity index (χ2v) is 5.78. The fourth-order valence-electron chi connectivity index (χ4n) is 2.83. The molecule has 3 nitrogen and oxygen atoms in total. The van der Waals surface area contributed by atoms with Crippen molar-refractivity contribution in [3.63, 3.8) is 0 Å². The first kappa shape index (κ1) is 17.3. The highest BCUT2D eigenvalue weighted by molar-refractivity contribution is 6.00. The SMILES string of the molecule is N[C@@H]1Cc2c(F)cccc2N(Cc2cc(C(F)(F)F)ccc2F)C1=O. The Hall–Kier alpha value is -2.48. The number of carbonyl (C=O) groups excluding carboxylic acids is 1. The molecule has 0 saturated heterocycles. The average Bonchev–Trinajstić information content (AvgIpc) is 2.53. The molecule has 0 unspecified atom stereocenters. The molecule has 1 heterocycles. The molecule has 1 aliphatic heterocycles. The summed E-state index contributed by atoms with van der Waals surface area (Å²) in [6.07, 6.45) is -4.67. The first-order chi connectivity index (χ1) is 11.7. The summed E-state index contributed by atoms with van der Waals surface area (Å²) < 4.78 is 66.5. The van der Waals surface area contributed by atoms with Crippen LogP contribution in [0.2, 0.25) is 0 Å². The van der Waals surface area contributed by atoms with Crippen LogP contribution >= 0.6 is 0 Å². The minimum atomic E-state index is -4.64. The van der Waals surface area contributed by atoms with E-state index >= 15 is 0 Å². The second-order valence-electron chi connectivity index (χ2n) is 5.78. The summed E-state index contributed by atoms with van der Waals surface area (Å²) in [5.41, 5.74) is 4.72. The van der Waals surface area contributed by atoms with Crippen molar-refractivity contribution in [1.29, 1.82) is 0 Å². The van der Waals surface area contributed by atoms with E-state index < -0.39 is 41.9 Å². The number of amides is 1. The third-order valence-electron chi connectivity index (χ3n) is 4.09. The lowest BCUT2D eigenvalue weighted by Crippen LogP contribution is -2.48. The third kappa shape index (κ3) is 3.21. The second kappa shape index (κ2) is 6.11. The van der Waals surface area contributed by atoms with Gasteiger partial charge in [0.2, 0.25) is 5.91 Å². The molecule has 0 saturated carbocycles. The van der Waals surface area contributed by atoms with Gasteiger partial charge in [0.25, 0.3) is 0 Å². The molecule has 3 rings (SSSR count). The number of nitrogens with zero attached hydrogens (tertiary/aromatic N) is 1. The summed E-state index contributed by atoms with van der Waals surface area (Å²) in [5, 5.41) is 0. The first-order valence-electron chi connectivity index (χ1n) is 7.38. The van der Waals surface area contributed by atoms with Crippen LogP contribution in [-0.2, 0) is 23.9 Å². The molecule has 0 aromatic heterocycles. The predicted octanol–water partition coefficient (Wildman–Crippen LogP) is 3.40. The van der Waals surface area contributed by atoms with E-state index in [1.807, 2.05) is 0 Å². The van der Waals surface area contributed by atoms with Gasteiger partial charge >= 0.3 is 6.18 Å². The molecule has 2 aromatic carbocycles. The van der Waals surface area contributed by atoms with Crippen molar-refractivity contribution in [2.45, 2.75) is 25.2 Å². The Labute approximate surface area is 139 Å². The van der Waals surface area contributed by atoms with Crippen LogP contribution < -0.4 is 10.6 Å². The number of halogens is 5. The van der Waals surface area contributed by atoms with Crippen LogP contribution in [-0.4, -0.2) is 11.9 Å². The van der Waals surface area contributed by atoms with Gasteiger partial charge in [0.05, 0.1) is 23.8 Å². The van der Waals surface area contributed by atoms with Crippen LogP contribution in [0.25, 0.3) is 0 Å². The quantitative estimate of drug-likeness (QED) is 0.839. The highest BCUT2D eigenvalue weighted by Crippen LogP contribution is 2.33. The van der Waals surface area contributed by atoms with Gasteiger partial charge in [-0.05, 0) is 30.3 Å². The lowest BCUT2D eigenvalue weighted by Gasteiger charge is -2.33. The van der Waals surface area contributed by atoms with Gasteiger partial charge < -0.3 is 10.6 Å². The van der Waals surface area contributed by atoms with Crippen LogP contribution in [0.3, 0.4) is 0 Å². The van der Waals surface area contributed by atoms with Gasteiger partial charge in [-0.1, -0.05) is 6.07 Å². The lowest BCUT2D eigenvalue weighted by molar-refractivity contribution is -0.137. The topological polar surface area (TPSA) is 46.3 Å². The van der Waals surface area contributed by atoms with E-state index in [1.54, 1.807) is 0 Å². The molecule has 132 valence electrons. The van der Waals surface area contributed by atoms with Gasteiger partial charge in [-0.2, -0.15) is 13.2 Å². The van der Waals surface area contributed by atoms with E-state index in [0.29, 0.717) is 18.2 Å². The average molecular weight is 356 g/mol. The van der Waals surface area contributed by atoms with E-state index in [9.17, 15) is 26.7 Å². The minimum absolute atomic E-state index is 0.0254. The van der Waals surface area contributed by atoms with E-state index in [2.05, 4.69) is 0 Å². The maximum absolute atomic E-state index is 14.0. The number of anilines is 1. The molecule has 0 fully saturated rings. The number of hydrogen-bond donors (Lipinski definition) is 1. The van der Waals surface area contributed by atoms with Crippen molar-refractivity contribution in [3.05, 3.63) is 64.7 Å². The summed E-state index contributed by atoms with van der Waals surface area (Å²) >= 11 is 0. The summed E-state index contributed by atoms with van der Waals surface area (Å²) in [4.78, 5) is 13.3. The maximum Gasteiger partial charge on any atom is 0.416 e. The largest absolute Gasteiger partial charge is 0.416 e. The fraction of sp³-hybridized carbons (Fsp3) is 0.235. The van der Waals surface area contributed by atoms with Crippen LogP contribution in [0, 0.1) is 11.6 Å². The molecular formula is C17H13F5N2O. The summed E-state index contributed by atoms with van der Waals surface area (Å²) in [6.45, 7) is -0.473. The van der Waals surface area contributed by atoms with Crippen molar-refractivity contribution in [2.75, 3.05) is 4.90 Å². The third-order valence-corrected chi connectivity index (χ3v) is 4.09. The van der Waals surface area contributed by atoms with Crippen LogP contribution in [0.4, 0.5) is 27.6 Å². The molecule has 0 spiro atoms. The molecule has 1 aliphatic rings. The minimum Gasteiger partial charge on any atom is -0.320 e. The molecule has 1 amide bonds. The summed E-state index contributed by atoms with van der Waals surface area (Å²) in [7, 11) is 0. The van der Waals surface area contributed by atoms with Gasteiger partial charge in [0, 0.05) is 17.5 Å². The van der Waals surface area contributed by atoms with Crippen molar-refractivity contribution in [2.24, 2.45) is 5.73 Å². The van der Waals surface area contributed by atoms with Crippen molar-refractivity contribution in [3.8, 4) is 0 Å². The number of hydrogen-bond acceptors (Lipinski definition) is 2. The molecule has 0 aliphatic carbocycles. The van der Waals surface area contributed by atoms with E-state index in [1.165, 1.54) is 18.2 Å². The molecule has 2 aromatic rings. The van der Waals surface area contributed by atoms with Crippen molar-refractivity contribution < 1.29 is 26.7 Å². The first-order valence-corrected chi connectivity index (χ1v) is 7.38. The van der Waals surface area contributed by atoms with Gasteiger partial charge in [-0.15, -0.1) is 0 Å². The Kier molecular flexibility index (Phi) is 4.24. The summed E-state index contributed by atoms with van der Waals surface area (Å²) in [6, 6.07) is 4.93. The van der Waals surface area contributed by atoms with Crippen molar-refractivity contribution in [1.82, 2.24) is 0 Å². The van der Waals surface area contributed by atoms with Crippen LogP contribution in [0.15, 0.2) is 36.4 Å². The van der Waals surface area contributed by atoms with Crippen LogP contribution in [0.1, 0.15) is 16.7 Å². The highest BCUT2D eigenvalue weighted by atomic mass is 19.4. The highest BCUT2D eigenvalue weighted by Gasteiger charge is 2.34. The van der Waals surface area contributed by atoms with E-state index in [4.69, 9.17) is 5.73 Å². The van der Waals surface area contributed by atoms with Gasteiger partial charge in [0.15, 0.2) is 0 Å². The number of benzene rings is 2. The van der Waals surface area contributed by atoms with E-state index in [-0.39, 0.29) is 23.2 Å². The molecular weight excluding hydrogens is 343 g/mol. The zero-order valence-electron chi connectivity index (χ0n) is 12.8. The summed E-state index contributed by atoms with van der Waals surface area (Å²) in [5.74, 6) is -2.07. The van der Waals surface area contributed by atoms with Crippen LogP contribution in [0.5, 0.6) is 0 Å². The zero-order valence-corrected chi connectivity index (χ0v) is 12.8.